The molecule has 110 valence electrons. The number of hydrogen-bond acceptors (Lipinski definition) is 5. The van der Waals surface area contributed by atoms with Gasteiger partial charge in [-0.3, -0.25) is 9.78 Å². The summed E-state index contributed by atoms with van der Waals surface area (Å²) in [6.45, 7) is 0.480. The SMILES string of the molecule is N#C/C(=C/NCc1cccnc1)C(=O)Nc1ccc(N)cc1. The van der Waals surface area contributed by atoms with Crippen molar-refractivity contribution in [3.8, 4) is 6.07 Å². The molecule has 4 N–H and O–H groups in total. The Morgan fingerprint density at radius 3 is 2.73 bits per heavy atom. The van der Waals surface area contributed by atoms with Gasteiger partial charge in [0.1, 0.15) is 11.6 Å². The lowest BCUT2D eigenvalue weighted by Crippen LogP contribution is -2.16. The van der Waals surface area contributed by atoms with Crippen molar-refractivity contribution >= 4 is 17.3 Å². The number of benzene rings is 1. The number of nitrogen functional groups attached to an aromatic ring is 1. The van der Waals surface area contributed by atoms with Gasteiger partial charge in [-0.15, -0.1) is 0 Å². The van der Waals surface area contributed by atoms with Gasteiger partial charge in [0.2, 0.25) is 0 Å². The second-order valence-corrected chi connectivity index (χ2v) is 4.49. The first-order chi connectivity index (χ1) is 10.7. The molecule has 2 rings (SSSR count). The molecule has 0 saturated carbocycles. The van der Waals surface area contributed by atoms with E-state index in [4.69, 9.17) is 11.0 Å². The van der Waals surface area contributed by atoms with Crippen molar-refractivity contribution in [2.45, 2.75) is 6.54 Å². The highest BCUT2D eigenvalue weighted by Gasteiger charge is 2.08. The standard InChI is InChI=1S/C16H15N5O/c17-8-13(11-20-10-12-2-1-7-19-9-12)16(22)21-15-5-3-14(18)4-6-15/h1-7,9,11,20H,10,18H2,(H,21,22)/b13-11-. The fraction of sp³-hybridized carbons (Fsp3) is 0.0625. The van der Waals surface area contributed by atoms with Crippen molar-refractivity contribution in [1.82, 2.24) is 10.3 Å². The third kappa shape index (κ3) is 4.35. The fourth-order valence-corrected chi connectivity index (χ4v) is 1.69. The quantitative estimate of drug-likeness (QED) is 0.443. The average molecular weight is 293 g/mol. The number of anilines is 2. The summed E-state index contributed by atoms with van der Waals surface area (Å²) in [6.07, 6.45) is 4.78. The number of nitriles is 1. The lowest BCUT2D eigenvalue weighted by Gasteiger charge is -2.05. The number of carbonyl (C=O) groups excluding carboxylic acids is 1. The lowest BCUT2D eigenvalue weighted by atomic mass is 10.2. The van der Waals surface area contributed by atoms with Crippen LogP contribution in [-0.2, 0) is 11.3 Å². The summed E-state index contributed by atoms with van der Waals surface area (Å²) in [5.41, 5.74) is 7.69. The van der Waals surface area contributed by atoms with E-state index in [1.165, 1.54) is 6.20 Å². The normalized spacial score (nSPS) is 10.6. The van der Waals surface area contributed by atoms with Crippen molar-refractivity contribution in [1.29, 1.82) is 5.26 Å². The van der Waals surface area contributed by atoms with Crippen LogP contribution in [0.15, 0.2) is 60.6 Å². The van der Waals surface area contributed by atoms with Gasteiger partial charge in [0.15, 0.2) is 0 Å². The first-order valence-electron chi connectivity index (χ1n) is 6.58. The molecule has 0 aliphatic heterocycles. The van der Waals surface area contributed by atoms with Crippen LogP contribution >= 0.6 is 0 Å². The maximum absolute atomic E-state index is 12.0. The molecule has 0 radical (unpaired) electrons. The summed E-state index contributed by atoms with van der Waals surface area (Å²) in [7, 11) is 0. The molecule has 0 aliphatic rings. The Morgan fingerprint density at radius 1 is 1.32 bits per heavy atom. The summed E-state index contributed by atoms with van der Waals surface area (Å²) >= 11 is 0. The van der Waals surface area contributed by atoms with E-state index in [-0.39, 0.29) is 5.57 Å². The molecular weight excluding hydrogens is 278 g/mol. The minimum Gasteiger partial charge on any atom is -0.399 e. The van der Waals surface area contributed by atoms with Gasteiger partial charge in [-0.05, 0) is 35.9 Å². The molecule has 6 heteroatoms. The van der Waals surface area contributed by atoms with E-state index in [1.807, 2.05) is 18.2 Å². The highest BCUT2D eigenvalue weighted by Crippen LogP contribution is 2.11. The van der Waals surface area contributed by atoms with Crippen LogP contribution < -0.4 is 16.4 Å². The van der Waals surface area contributed by atoms with Gasteiger partial charge in [-0.2, -0.15) is 5.26 Å². The van der Waals surface area contributed by atoms with Crippen molar-refractivity contribution in [2.24, 2.45) is 0 Å². The van der Waals surface area contributed by atoms with Gasteiger partial charge in [-0.1, -0.05) is 6.07 Å². The smallest absolute Gasteiger partial charge is 0.267 e. The Balaban J connectivity index is 1.95. The third-order valence-electron chi connectivity index (χ3n) is 2.81. The summed E-state index contributed by atoms with van der Waals surface area (Å²) in [5.74, 6) is -0.481. The number of amides is 1. The number of carbonyl (C=O) groups is 1. The average Bonchev–Trinajstić information content (AvgIpc) is 2.54. The molecule has 1 aromatic heterocycles. The fourth-order valence-electron chi connectivity index (χ4n) is 1.69. The Kier molecular flexibility index (Phi) is 5.10. The number of aromatic nitrogens is 1. The summed E-state index contributed by atoms with van der Waals surface area (Å²) < 4.78 is 0. The summed E-state index contributed by atoms with van der Waals surface area (Å²) in [6, 6.07) is 12.3. The molecule has 0 atom stereocenters. The van der Waals surface area contributed by atoms with Crippen LogP contribution in [0.3, 0.4) is 0 Å². The molecule has 0 aliphatic carbocycles. The van der Waals surface area contributed by atoms with Gasteiger partial charge in [-0.25, -0.2) is 0 Å². The predicted molar refractivity (Wildman–Crippen MR) is 84.3 cm³/mol. The predicted octanol–water partition coefficient (Wildman–Crippen LogP) is 1.80. The zero-order valence-electron chi connectivity index (χ0n) is 11.8. The highest BCUT2D eigenvalue weighted by molar-refractivity contribution is 6.06. The van der Waals surface area contributed by atoms with Crippen molar-refractivity contribution in [3.05, 3.63) is 66.1 Å². The van der Waals surface area contributed by atoms with E-state index in [1.54, 1.807) is 36.7 Å². The molecule has 0 spiro atoms. The number of rotatable bonds is 5. The van der Waals surface area contributed by atoms with E-state index >= 15 is 0 Å². The molecule has 0 fully saturated rings. The maximum atomic E-state index is 12.0. The Morgan fingerprint density at radius 2 is 2.09 bits per heavy atom. The first-order valence-corrected chi connectivity index (χ1v) is 6.58. The lowest BCUT2D eigenvalue weighted by molar-refractivity contribution is -0.112. The zero-order valence-corrected chi connectivity index (χ0v) is 11.8. The van der Waals surface area contributed by atoms with Gasteiger partial charge in [0.05, 0.1) is 0 Å². The topological polar surface area (TPSA) is 104 Å². The van der Waals surface area contributed by atoms with E-state index in [0.717, 1.165) is 5.56 Å². The molecule has 0 bridgehead atoms. The van der Waals surface area contributed by atoms with E-state index < -0.39 is 5.91 Å². The van der Waals surface area contributed by atoms with Crippen molar-refractivity contribution in [2.75, 3.05) is 11.1 Å². The molecule has 1 amide bonds. The third-order valence-corrected chi connectivity index (χ3v) is 2.81. The zero-order chi connectivity index (χ0) is 15.8. The number of hydrogen-bond donors (Lipinski definition) is 3. The van der Waals surface area contributed by atoms with Crippen LogP contribution in [0, 0.1) is 11.3 Å². The second-order valence-electron chi connectivity index (χ2n) is 4.49. The van der Waals surface area contributed by atoms with Crippen LogP contribution in [0.1, 0.15) is 5.56 Å². The van der Waals surface area contributed by atoms with Crippen LogP contribution in [0.2, 0.25) is 0 Å². The number of nitrogens with one attached hydrogen (secondary N) is 2. The van der Waals surface area contributed by atoms with Crippen LogP contribution in [-0.4, -0.2) is 10.9 Å². The Hall–Kier alpha value is -3.33. The Labute approximate surface area is 128 Å². The van der Waals surface area contributed by atoms with Gasteiger partial charge in [0.25, 0.3) is 5.91 Å². The van der Waals surface area contributed by atoms with E-state index in [2.05, 4.69) is 15.6 Å². The number of nitrogens with zero attached hydrogens (tertiary/aromatic N) is 2. The van der Waals surface area contributed by atoms with Gasteiger partial charge >= 0.3 is 0 Å². The molecular formula is C16H15N5O. The van der Waals surface area contributed by atoms with Crippen LogP contribution in [0.25, 0.3) is 0 Å². The molecule has 2 aromatic rings. The molecule has 0 saturated heterocycles. The molecule has 1 heterocycles. The molecule has 0 unspecified atom stereocenters. The van der Waals surface area contributed by atoms with E-state index in [0.29, 0.717) is 17.9 Å². The highest BCUT2D eigenvalue weighted by atomic mass is 16.1. The Bertz CT molecular complexity index is 702. The largest absolute Gasteiger partial charge is 0.399 e. The molecule has 1 aromatic carbocycles. The van der Waals surface area contributed by atoms with Crippen LogP contribution in [0.5, 0.6) is 0 Å². The monoisotopic (exact) mass is 293 g/mol. The van der Waals surface area contributed by atoms with Crippen LogP contribution in [0.4, 0.5) is 11.4 Å². The van der Waals surface area contributed by atoms with Crippen molar-refractivity contribution in [3.63, 3.8) is 0 Å². The second kappa shape index (κ2) is 7.45. The molecule has 22 heavy (non-hydrogen) atoms. The summed E-state index contributed by atoms with van der Waals surface area (Å²) in [5, 5.41) is 14.6. The summed E-state index contributed by atoms with van der Waals surface area (Å²) in [4.78, 5) is 16.0. The van der Waals surface area contributed by atoms with E-state index in [9.17, 15) is 4.79 Å². The van der Waals surface area contributed by atoms with Gasteiger partial charge in [0, 0.05) is 36.5 Å². The molecule has 6 nitrogen and oxygen atoms in total. The minimum absolute atomic E-state index is 0.0132. The number of pyridine rings is 1. The minimum atomic E-state index is -0.481. The van der Waals surface area contributed by atoms with Crippen molar-refractivity contribution < 1.29 is 4.79 Å². The number of nitrogens with two attached hydrogens (primary N) is 1. The van der Waals surface area contributed by atoms with Gasteiger partial charge < -0.3 is 16.4 Å². The maximum Gasteiger partial charge on any atom is 0.267 e. The first kappa shape index (κ1) is 15.1.